The predicted octanol–water partition coefficient (Wildman–Crippen LogP) is -0.481. The van der Waals surface area contributed by atoms with Gasteiger partial charge >= 0.3 is 0 Å². The minimum atomic E-state index is 0.401. The monoisotopic (exact) mass is 213 g/mol. The lowest BCUT2D eigenvalue weighted by Gasteiger charge is -2.13. The van der Waals surface area contributed by atoms with Gasteiger partial charge < -0.3 is 15.4 Å². The number of aromatic nitrogens is 3. The molecule has 0 saturated carbocycles. The van der Waals surface area contributed by atoms with E-state index < -0.39 is 0 Å². The molecule has 0 amide bonds. The molecule has 0 radical (unpaired) electrons. The van der Waals surface area contributed by atoms with Crippen molar-refractivity contribution in [2.45, 2.75) is 19.5 Å². The van der Waals surface area contributed by atoms with E-state index >= 15 is 0 Å². The number of hydrogen-bond donors (Lipinski definition) is 3. The summed E-state index contributed by atoms with van der Waals surface area (Å²) in [5, 5.41) is 16.9. The van der Waals surface area contributed by atoms with Gasteiger partial charge in [0.25, 0.3) is 0 Å². The van der Waals surface area contributed by atoms with Crippen molar-refractivity contribution in [3.8, 4) is 0 Å². The molecule has 3 N–H and O–H groups in total. The Morgan fingerprint density at radius 2 is 2.47 bits per heavy atom. The first kappa shape index (κ1) is 12.1. The Morgan fingerprint density at radius 3 is 3.13 bits per heavy atom. The van der Waals surface area contributed by atoms with E-state index in [0.29, 0.717) is 6.04 Å². The highest BCUT2D eigenvalue weighted by Crippen LogP contribution is 1.88. The molecule has 0 aliphatic heterocycles. The topological polar surface area (TPSA) is 74.9 Å². The van der Waals surface area contributed by atoms with Gasteiger partial charge in [-0.3, -0.25) is 0 Å². The molecule has 0 bridgehead atoms. The summed E-state index contributed by atoms with van der Waals surface area (Å²) >= 11 is 0. The molecular weight excluding hydrogens is 194 g/mol. The summed E-state index contributed by atoms with van der Waals surface area (Å²) in [4.78, 5) is 0. The maximum absolute atomic E-state index is 4.94. The van der Waals surface area contributed by atoms with Crippen LogP contribution in [-0.2, 0) is 11.3 Å². The number of hydrogen-bond acceptors (Lipinski definition) is 5. The van der Waals surface area contributed by atoms with Gasteiger partial charge in [-0.1, -0.05) is 0 Å². The molecule has 1 aromatic rings. The van der Waals surface area contributed by atoms with Crippen molar-refractivity contribution in [3.05, 3.63) is 11.9 Å². The van der Waals surface area contributed by atoms with Crippen LogP contribution in [-0.4, -0.2) is 48.3 Å². The van der Waals surface area contributed by atoms with E-state index in [9.17, 15) is 0 Å². The van der Waals surface area contributed by atoms with Crippen molar-refractivity contribution in [2.75, 3.05) is 26.8 Å². The van der Waals surface area contributed by atoms with Gasteiger partial charge in [-0.2, -0.15) is 15.4 Å². The standard InChI is InChI=1S/C9H19N5O/c1-8(5-10-3-4-15-2)11-6-9-7-12-14-13-9/h7-8,10-11H,3-6H2,1-2H3,(H,12,13,14). The van der Waals surface area contributed by atoms with Gasteiger partial charge in [0, 0.05) is 32.8 Å². The highest BCUT2D eigenvalue weighted by molar-refractivity contribution is 4.89. The van der Waals surface area contributed by atoms with Gasteiger partial charge in [0.1, 0.15) is 0 Å². The first-order valence-corrected chi connectivity index (χ1v) is 5.10. The van der Waals surface area contributed by atoms with Crippen LogP contribution in [0.5, 0.6) is 0 Å². The van der Waals surface area contributed by atoms with Crippen LogP contribution in [0.4, 0.5) is 0 Å². The molecule has 0 aromatic carbocycles. The zero-order chi connectivity index (χ0) is 10.9. The largest absolute Gasteiger partial charge is 0.383 e. The second-order valence-corrected chi connectivity index (χ2v) is 3.44. The second-order valence-electron chi connectivity index (χ2n) is 3.44. The first-order chi connectivity index (χ1) is 7.33. The molecule has 1 atom stereocenters. The molecule has 0 saturated heterocycles. The summed E-state index contributed by atoms with van der Waals surface area (Å²) in [6.07, 6.45) is 1.72. The molecule has 86 valence electrons. The predicted molar refractivity (Wildman–Crippen MR) is 57.4 cm³/mol. The molecular formula is C9H19N5O. The molecule has 1 heterocycles. The number of nitrogens with zero attached hydrogens (tertiary/aromatic N) is 2. The smallest absolute Gasteiger partial charge is 0.0962 e. The lowest BCUT2D eigenvalue weighted by Crippen LogP contribution is -2.37. The highest BCUT2D eigenvalue weighted by Gasteiger charge is 2.01. The van der Waals surface area contributed by atoms with Crippen LogP contribution in [0.2, 0.25) is 0 Å². The van der Waals surface area contributed by atoms with Crippen molar-refractivity contribution in [1.82, 2.24) is 26.0 Å². The molecule has 0 aliphatic carbocycles. The number of aromatic amines is 1. The fraction of sp³-hybridized carbons (Fsp3) is 0.778. The van der Waals surface area contributed by atoms with Crippen LogP contribution in [0, 0.1) is 0 Å². The van der Waals surface area contributed by atoms with E-state index in [1.807, 2.05) is 0 Å². The van der Waals surface area contributed by atoms with Gasteiger partial charge in [0.15, 0.2) is 0 Å². The van der Waals surface area contributed by atoms with Crippen molar-refractivity contribution >= 4 is 0 Å². The summed E-state index contributed by atoms with van der Waals surface area (Å²) in [5.41, 5.74) is 0.929. The zero-order valence-corrected chi connectivity index (χ0v) is 9.29. The number of rotatable bonds is 8. The fourth-order valence-electron chi connectivity index (χ4n) is 1.15. The van der Waals surface area contributed by atoms with Crippen LogP contribution >= 0.6 is 0 Å². The molecule has 6 nitrogen and oxygen atoms in total. The highest BCUT2D eigenvalue weighted by atomic mass is 16.5. The molecule has 0 spiro atoms. The maximum Gasteiger partial charge on any atom is 0.0962 e. The van der Waals surface area contributed by atoms with E-state index in [4.69, 9.17) is 4.74 Å². The van der Waals surface area contributed by atoms with Gasteiger partial charge in [0.2, 0.25) is 0 Å². The van der Waals surface area contributed by atoms with Crippen LogP contribution in [0.15, 0.2) is 6.20 Å². The lowest BCUT2D eigenvalue weighted by molar-refractivity contribution is 0.198. The molecule has 0 fully saturated rings. The number of methoxy groups -OCH3 is 1. The van der Waals surface area contributed by atoms with Crippen molar-refractivity contribution in [1.29, 1.82) is 0 Å². The summed E-state index contributed by atoms with van der Waals surface area (Å²) in [7, 11) is 1.70. The van der Waals surface area contributed by atoms with E-state index in [1.54, 1.807) is 13.3 Å². The Labute approximate surface area is 89.8 Å². The van der Waals surface area contributed by atoms with Gasteiger partial charge in [-0.15, -0.1) is 0 Å². The summed E-state index contributed by atoms with van der Waals surface area (Å²) < 4.78 is 4.94. The van der Waals surface area contributed by atoms with Crippen LogP contribution in [0.1, 0.15) is 12.6 Å². The Hall–Kier alpha value is -0.980. The van der Waals surface area contributed by atoms with Crippen molar-refractivity contribution in [3.63, 3.8) is 0 Å². The Kier molecular flexibility index (Phi) is 5.91. The Morgan fingerprint density at radius 1 is 1.60 bits per heavy atom. The third kappa shape index (κ3) is 5.46. The SMILES string of the molecule is COCCNCC(C)NCc1cn[nH]n1. The van der Waals surface area contributed by atoms with E-state index in [1.165, 1.54) is 0 Å². The summed E-state index contributed by atoms with van der Waals surface area (Å²) in [5.74, 6) is 0. The third-order valence-corrected chi connectivity index (χ3v) is 2.03. The minimum Gasteiger partial charge on any atom is -0.383 e. The normalized spacial score (nSPS) is 12.9. The summed E-state index contributed by atoms with van der Waals surface area (Å²) in [6.45, 7) is 5.41. The average Bonchev–Trinajstić information content (AvgIpc) is 2.74. The number of nitrogens with one attached hydrogen (secondary N) is 3. The number of ether oxygens (including phenoxy) is 1. The first-order valence-electron chi connectivity index (χ1n) is 5.10. The lowest BCUT2D eigenvalue weighted by atomic mass is 10.3. The van der Waals surface area contributed by atoms with Crippen molar-refractivity contribution < 1.29 is 4.74 Å². The maximum atomic E-state index is 4.94. The zero-order valence-electron chi connectivity index (χ0n) is 9.29. The van der Waals surface area contributed by atoms with Crippen molar-refractivity contribution in [2.24, 2.45) is 0 Å². The van der Waals surface area contributed by atoms with Gasteiger partial charge in [0.05, 0.1) is 18.5 Å². The third-order valence-electron chi connectivity index (χ3n) is 2.03. The Bertz CT molecular complexity index is 239. The summed E-state index contributed by atoms with van der Waals surface area (Å²) in [6, 6.07) is 0.401. The molecule has 1 unspecified atom stereocenters. The fourth-order valence-corrected chi connectivity index (χ4v) is 1.15. The second kappa shape index (κ2) is 7.33. The quantitative estimate of drug-likeness (QED) is 0.509. The molecule has 1 rings (SSSR count). The number of H-pyrrole nitrogens is 1. The van der Waals surface area contributed by atoms with E-state index in [0.717, 1.165) is 31.9 Å². The van der Waals surface area contributed by atoms with Crippen LogP contribution < -0.4 is 10.6 Å². The molecule has 15 heavy (non-hydrogen) atoms. The Balaban J connectivity index is 2.01. The van der Waals surface area contributed by atoms with Crippen LogP contribution in [0.25, 0.3) is 0 Å². The van der Waals surface area contributed by atoms with Gasteiger partial charge in [-0.05, 0) is 6.92 Å². The molecule has 1 aromatic heterocycles. The van der Waals surface area contributed by atoms with Gasteiger partial charge in [-0.25, -0.2) is 0 Å². The van der Waals surface area contributed by atoms with Crippen LogP contribution in [0.3, 0.4) is 0 Å². The molecule has 6 heteroatoms. The minimum absolute atomic E-state index is 0.401. The van der Waals surface area contributed by atoms with E-state index in [2.05, 4.69) is 33.0 Å². The van der Waals surface area contributed by atoms with E-state index in [-0.39, 0.29) is 0 Å². The average molecular weight is 213 g/mol. The molecule has 0 aliphatic rings.